The van der Waals surface area contributed by atoms with Gasteiger partial charge in [0.2, 0.25) is 0 Å². The number of hydrogen-bond donors (Lipinski definition) is 2. The molecule has 1 aromatic carbocycles. The fourth-order valence-corrected chi connectivity index (χ4v) is 2.93. The zero-order valence-corrected chi connectivity index (χ0v) is 14.0. The zero-order valence-electron chi connectivity index (χ0n) is 11.6. The predicted molar refractivity (Wildman–Crippen MR) is 91.8 cm³/mol. The molecule has 110 valence electrons. The van der Waals surface area contributed by atoms with Crippen LogP contribution in [0.2, 0.25) is 0 Å². The van der Waals surface area contributed by atoms with Crippen LogP contribution in [0.1, 0.15) is 23.8 Å². The van der Waals surface area contributed by atoms with Gasteiger partial charge in [0.05, 0.1) is 11.4 Å². The third-order valence-electron chi connectivity index (χ3n) is 2.72. The summed E-state index contributed by atoms with van der Waals surface area (Å²) >= 11 is 5.06. The van der Waals surface area contributed by atoms with Crippen LogP contribution in [0.25, 0.3) is 0 Å². The second-order valence-corrected chi connectivity index (χ2v) is 6.41. The molecule has 0 aliphatic rings. The number of rotatable bonds is 5. The van der Waals surface area contributed by atoms with Crippen molar-refractivity contribution in [2.24, 2.45) is 0 Å². The summed E-state index contributed by atoms with van der Waals surface area (Å²) < 4.78 is 0.651. The number of carbonyl (C=O) groups excluding carboxylic acids is 1. The Labute approximate surface area is 136 Å². The second-order valence-electron chi connectivity index (χ2n) is 4.39. The number of pyridine rings is 1. The van der Waals surface area contributed by atoms with Gasteiger partial charge >= 0.3 is 0 Å². The highest BCUT2D eigenvalue weighted by Crippen LogP contribution is 2.27. The normalized spacial score (nSPS) is 10.4. The Morgan fingerprint density at radius 3 is 2.95 bits per heavy atom. The highest BCUT2D eigenvalue weighted by Gasteiger charge is 2.13. The lowest BCUT2D eigenvalue weighted by molar-refractivity contribution is 0.102. The van der Waals surface area contributed by atoms with Crippen LogP contribution in [0.3, 0.4) is 0 Å². The van der Waals surface area contributed by atoms with E-state index in [-0.39, 0.29) is 5.91 Å². The van der Waals surface area contributed by atoms with Gasteiger partial charge in [-0.05, 0) is 58.4 Å². The summed E-state index contributed by atoms with van der Waals surface area (Å²) in [6, 6.07) is 9.20. The van der Waals surface area contributed by atoms with Crippen LogP contribution in [0.5, 0.6) is 0 Å². The van der Waals surface area contributed by atoms with Crippen molar-refractivity contribution in [3.8, 4) is 0 Å². The minimum absolute atomic E-state index is 0.285. The maximum absolute atomic E-state index is 12.2. The maximum Gasteiger partial charge on any atom is 0.275 e. The number of nitrogens with two attached hydrogens (primary N) is 1. The van der Waals surface area contributed by atoms with Crippen LogP contribution in [-0.4, -0.2) is 16.6 Å². The molecule has 1 aromatic heterocycles. The summed E-state index contributed by atoms with van der Waals surface area (Å²) in [6.07, 6.45) is 2.67. The van der Waals surface area contributed by atoms with Gasteiger partial charge in [0.25, 0.3) is 5.91 Å². The minimum Gasteiger partial charge on any atom is -0.397 e. The maximum atomic E-state index is 12.2. The van der Waals surface area contributed by atoms with Crippen molar-refractivity contribution in [3.63, 3.8) is 0 Å². The molecule has 1 amide bonds. The van der Waals surface area contributed by atoms with E-state index >= 15 is 0 Å². The van der Waals surface area contributed by atoms with E-state index in [0.29, 0.717) is 21.5 Å². The molecule has 1 heterocycles. The van der Waals surface area contributed by atoms with Crippen LogP contribution in [0.4, 0.5) is 11.4 Å². The van der Waals surface area contributed by atoms with E-state index < -0.39 is 0 Å². The molecule has 2 aromatic rings. The number of aromatic nitrogens is 1. The molecule has 0 unspecified atom stereocenters. The molecule has 2 rings (SSSR count). The van der Waals surface area contributed by atoms with Gasteiger partial charge in [-0.15, -0.1) is 11.8 Å². The largest absolute Gasteiger partial charge is 0.397 e. The SMILES string of the molecule is CCCSc1ccc(N)c(NC(=O)c2ncccc2Br)c1. The molecule has 0 aliphatic carbocycles. The van der Waals surface area contributed by atoms with Crippen molar-refractivity contribution >= 4 is 45.0 Å². The van der Waals surface area contributed by atoms with E-state index in [4.69, 9.17) is 5.73 Å². The van der Waals surface area contributed by atoms with E-state index in [2.05, 4.69) is 33.2 Å². The highest BCUT2D eigenvalue weighted by atomic mass is 79.9. The quantitative estimate of drug-likeness (QED) is 0.615. The Morgan fingerprint density at radius 2 is 2.24 bits per heavy atom. The van der Waals surface area contributed by atoms with Crippen LogP contribution < -0.4 is 11.1 Å². The summed E-state index contributed by atoms with van der Waals surface area (Å²) in [5.74, 6) is 0.745. The minimum atomic E-state index is -0.285. The van der Waals surface area contributed by atoms with Gasteiger partial charge in [0, 0.05) is 15.6 Å². The molecule has 0 radical (unpaired) electrons. The lowest BCUT2D eigenvalue weighted by Gasteiger charge is -2.10. The van der Waals surface area contributed by atoms with Crippen molar-refractivity contribution in [1.29, 1.82) is 0 Å². The summed E-state index contributed by atoms with van der Waals surface area (Å²) in [6.45, 7) is 2.13. The predicted octanol–water partition coefficient (Wildman–Crippen LogP) is 4.18. The van der Waals surface area contributed by atoms with Crippen LogP contribution in [0.15, 0.2) is 45.9 Å². The molecule has 0 aliphatic heterocycles. The molecule has 0 bridgehead atoms. The summed E-state index contributed by atoms with van der Waals surface area (Å²) in [5, 5.41) is 2.81. The number of nitrogen functional groups attached to an aromatic ring is 1. The molecule has 21 heavy (non-hydrogen) atoms. The Balaban J connectivity index is 2.19. The van der Waals surface area contributed by atoms with Gasteiger partial charge in [-0.25, -0.2) is 4.98 Å². The fourth-order valence-electron chi connectivity index (χ4n) is 1.69. The fraction of sp³-hybridized carbons (Fsp3) is 0.200. The highest BCUT2D eigenvalue weighted by molar-refractivity contribution is 9.10. The molecule has 6 heteroatoms. The zero-order chi connectivity index (χ0) is 15.2. The monoisotopic (exact) mass is 365 g/mol. The Morgan fingerprint density at radius 1 is 1.43 bits per heavy atom. The van der Waals surface area contributed by atoms with Crippen LogP contribution >= 0.6 is 27.7 Å². The molecule has 0 saturated carbocycles. The number of hydrogen-bond acceptors (Lipinski definition) is 4. The number of carbonyl (C=O) groups is 1. The number of anilines is 2. The van der Waals surface area contributed by atoms with Gasteiger partial charge in [-0.1, -0.05) is 6.92 Å². The third kappa shape index (κ3) is 4.22. The molecular weight excluding hydrogens is 350 g/mol. The first-order chi connectivity index (χ1) is 10.1. The molecule has 0 atom stereocenters. The van der Waals surface area contributed by atoms with Crippen molar-refractivity contribution < 1.29 is 4.79 Å². The van der Waals surface area contributed by atoms with Gasteiger partial charge in [-0.2, -0.15) is 0 Å². The molecule has 0 saturated heterocycles. The Hall–Kier alpha value is -1.53. The topological polar surface area (TPSA) is 68.0 Å². The third-order valence-corrected chi connectivity index (χ3v) is 4.56. The average molecular weight is 366 g/mol. The number of halogens is 1. The average Bonchev–Trinajstić information content (AvgIpc) is 2.48. The van der Waals surface area contributed by atoms with Gasteiger partial charge in [0.15, 0.2) is 0 Å². The van der Waals surface area contributed by atoms with E-state index in [1.165, 1.54) is 0 Å². The van der Waals surface area contributed by atoms with Crippen LogP contribution in [-0.2, 0) is 0 Å². The molecule has 3 N–H and O–H groups in total. The summed E-state index contributed by atoms with van der Waals surface area (Å²) in [5.41, 5.74) is 7.41. The number of nitrogens with one attached hydrogen (secondary N) is 1. The molecule has 0 spiro atoms. The van der Waals surface area contributed by atoms with Crippen molar-refractivity contribution in [2.75, 3.05) is 16.8 Å². The smallest absolute Gasteiger partial charge is 0.275 e. The molecule has 4 nitrogen and oxygen atoms in total. The standard InChI is InChI=1S/C15H16BrN3OS/c1-2-8-21-10-5-6-12(17)13(9-10)19-15(20)14-11(16)4-3-7-18-14/h3-7,9H,2,8,17H2,1H3,(H,19,20). The number of amides is 1. The van der Waals surface area contributed by atoms with Crippen molar-refractivity contribution in [1.82, 2.24) is 4.98 Å². The summed E-state index contributed by atoms with van der Waals surface area (Å²) in [4.78, 5) is 17.4. The van der Waals surface area contributed by atoms with E-state index in [1.54, 1.807) is 36.2 Å². The molecule has 0 fully saturated rings. The van der Waals surface area contributed by atoms with E-state index in [9.17, 15) is 4.79 Å². The summed E-state index contributed by atoms with van der Waals surface area (Å²) in [7, 11) is 0. The number of benzene rings is 1. The van der Waals surface area contributed by atoms with Gasteiger partial charge in [0.1, 0.15) is 5.69 Å². The number of nitrogens with zero attached hydrogens (tertiary/aromatic N) is 1. The lowest BCUT2D eigenvalue weighted by Crippen LogP contribution is -2.15. The second kappa shape index (κ2) is 7.47. The van der Waals surface area contributed by atoms with Crippen molar-refractivity contribution in [3.05, 3.63) is 46.7 Å². The van der Waals surface area contributed by atoms with Gasteiger partial charge in [-0.3, -0.25) is 4.79 Å². The van der Waals surface area contributed by atoms with E-state index in [0.717, 1.165) is 17.1 Å². The first kappa shape index (κ1) is 15.9. The molecular formula is C15H16BrN3OS. The van der Waals surface area contributed by atoms with Crippen LogP contribution in [0, 0.1) is 0 Å². The van der Waals surface area contributed by atoms with E-state index in [1.807, 2.05) is 12.1 Å². The Kier molecular flexibility index (Phi) is 5.64. The van der Waals surface area contributed by atoms with Crippen molar-refractivity contribution in [2.45, 2.75) is 18.2 Å². The Bertz CT molecular complexity index is 649. The number of thioether (sulfide) groups is 1. The lowest BCUT2D eigenvalue weighted by atomic mass is 10.2. The first-order valence-electron chi connectivity index (χ1n) is 6.56. The first-order valence-corrected chi connectivity index (χ1v) is 8.34. The van der Waals surface area contributed by atoms with Gasteiger partial charge < -0.3 is 11.1 Å².